The quantitative estimate of drug-likeness (QED) is 0.910. The highest BCUT2D eigenvalue weighted by Crippen LogP contribution is 2.46. The van der Waals surface area contributed by atoms with Crippen LogP contribution in [-0.4, -0.2) is 11.1 Å². The zero-order chi connectivity index (χ0) is 14.9. The second kappa shape index (κ2) is 5.72. The molecule has 3 atom stereocenters. The van der Waals surface area contributed by atoms with Crippen LogP contribution < -0.4 is 5.56 Å². The van der Waals surface area contributed by atoms with Gasteiger partial charge in [-0.3, -0.25) is 4.79 Å². The minimum atomic E-state index is -0.0621. The third-order valence-electron chi connectivity index (χ3n) is 4.27. The van der Waals surface area contributed by atoms with Crippen molar-refractivity contribution in [1.82, 2.24) is 4.98 Å². The Morgan fingerprint density at radius 1 is 1.40 bits per heavy atom. The number of hydrogen-bond donors (Lipinski definition) is 1. The fourth-order valence-corrected chi connectivity index (χ4v) is 3.23. The van der Waals surface area contributed by atoms with Crippen molar-refractivity contribution in [2.75, 3.05) is 0 Å². The lowest BCUT2D eigenvalue weighted by Gasteiger charge is -2.31. The lowest BCUT2D eigenvalue weighted by molar-refractivity contribution is 0.00515. The number of nitrogens with one attached hydrogen (secondary N) is 1. The highest BCUT2D eigenvalue weighted by atomic mass is 16.5. The molecule has 3 heteroatoms. The van der Waals surface area contributed by atoms with Crippen molar-refractivity contribution >= 4 is 0 Å². The maximum Gasteiger partial charge on any atom is 0.253 e. The summed E-state index contributed by atoms with van der Waals surface area (Å²) in [6.07, 6.45) is 3.86. The SMILES string of the molecule is CC(C)C[C@H]1O[C@@H](c2ccc[nH]c2=O)CC1C(C)(C)C. The summed E-state index contributed by atoms with van der Waals surface area (Å²) in [5.41, 5.74) is 0.957. The molecule has 3 nitrogen and oxygen atoms in total. The van der Waals surface area contributed by atoms with Crippen molar-refractivity contribution in [3.63, 3.8) is 0 Å². The van der Waals surface area contributed by atoms with E-state index in [-0.39, 0.29) is 23.2 Å². The number of ether oxygens (including phenoxy) is 1. The van der Waals surface area contributed by atoms with Crippen LogP contribution in [0.15, 0.2) is 23.1 Å². The monoisotopic (exact) mass is 277 g/mol. The van der Waals surface area contributed by atoms with Crippen LogP contribution in [0.4, 0.5) is 0 Å². The summed E-state index contributed by atoms with van der Waals surface area (Å²) < 4.78 is 6.26. The van der Waals surface area contributed by atoms with Crippen molar-refractivity contribution in [2.45, 2.75) is 59.7 Å². The second-order valence-corrected chi connectivity index (χ2v) is 7.46. The molecule has 0 radical (unpaired) electrons. The van der Waals surface area contributed by atoms with Gasteiger partial charge in [0.25, 0.3) is 5.56 Å². The Labute approximate surface area is 121 Å². The summed E-state index contributed by atoms with van der Waals surface area (Å²) in [5.74, 6) is 1.10. The van der Waals surface area contributed by atoms with Crippen LogP contribution in [0.5, 0.6) is 0 Å². The third kappa shape index (κ3) is 3.32. The van der Waals surface area contributed by atoms with E-state index in [9.17, 15) is 4.79 Å². The summed E-state index contributed by atoms with van der Waals surface area (Å²) in [7, 11) is 0. The van der Waals surface area contributed by atoms with Gasteiger partial charge in [-0.1, -0.05) is 34.6 Å². The Morgan fingerprint density at radius 2 is 2.10 bits per heavy atom. The van der Waals surface area contributed by atoms with Crippen LogP contribution in [0.25, 0.3) is 0 Å². The lowest BCUT2D eigenvalue weighted by Crippen LogP contribution is -2.29. The van der Waals surface area contributed by atoms with Crippen LogP contribution in [0, 0.1) is 17.3 Å². The minimum absolute atomic E-state index is 0.0182. The molecule has 0 saturated carbocycles. The van der Waals surface area contributed by atoms with Gasteiger partial charge in [0.15, 0.2) is 0 Å². The lowest BCUT2D eigenvalue weighted by atomic mass is 9.74. The van der Waals surface area contributed by atoms with Gasteiger partial charge in [0, 0.05) is 11.8 Å². The van der Waals surface area contributed by atoms with Gasteiger partial charge in [0.1, 0.15) is 0 Å². The standard InChI is InChI=1S/C17H27NO2/c1-11(2)9-15-13(17(3,4)5)10-14(20-15)12-7-6-8-18-16(12)19/h6-8,11,13-15H,9-10H2,1-5H3,(H,18,19)/t13?,14-,15-/m1/s1. The fraction of sp³-hybridized carbons (Fsp3) is 0.706. The average molecular weight is 277 g/mol. The van der Waals surface area contributed by atoms with Gasteiger partial charge in [-0.15, -0.1) is 0 Å². The highest BCUT2D eigenvalue weighted by molar-refractivity contribution is 5.14. The third-order valence-corrected chi connectivity index (χ3v) is 4.27. The molecule has 0 bridgehead atoms. The fourth-order valence-electron chi connectivity index (χ4n) is 3.23. The molecule has 1 aliphatic heterocycles. The Bertz CT molecular complexity index is 498. The molecular weight excluding hydrogens is 250 g/mol. The molecule has 1 unspecified atom stereocenters. The number of H-pyrrole nitrogens is 1. The molecule has 1 aliphatic rings. The zero-order valence-electron chi connectivity index (χ0n) is 13.3. The van der Waals surface area contributed by atoms with E-state index < -0.39 is 0 Å². The van der Waals surface area contributed by atoms with E-state index in [2.05, 4.69) is 39.6 Å². The molecule has 0 aliphatic carbocycles. The van der Waals surface area contributed by atoms with Crippen LogP contribution in [0.3, 0.4) is 0 Å². The molecule has 0 amide bonds. The van der Waals surface area contributed by atoms with E-state index in [0.29, 0.717) is 11.8 Å². The van der Waals surface area contributed by atoms with E-state index >= 15 is 0 Å². The van der Waals surface area contributed by atoms with Crippen LogP contribution in [-0.2, 0) is 4.74 Å². The number of hydrogen-bond acceptors (Lipinski definition) is 2. The van der Waals surface area contributed by atoms with E-state index in [1.54, 1.807) is 6.20 Å². The van der Waals surface area contributed by atoms with Crippen LogP contribution in [0.2, 0.25) is 0 Å². The van der Waals surface area contributed by atoms with Crippen LogP contribution >= 0.6 is 0 Å². The maximum atomic E-state index is 12.0. The highest BCUT2D eigenvalue weighted by Gasteiger charge is 2.42. The van der Waals surface area contributed by atoms with Gasteiger partial charge in [-0.2, -0.15) is 0 Å². The normalized spacial score (nSPS) is 27.2. The molecule has 1 aromatic heterocycles. The average Bonchev–Trinajstić information content (AvgIpc) is 2.72. The zero-order valence-corrected chi connectivity index (χ0v) is 13.3. The number of pyridine rings is 1. The predicted molar refractivity (Wildman–Crippen MR) is 81.7 cm³/mol. The predicted octanol–water partition coefficient (Wildman–Crippen LogP) is 3.91. The molecule has 1 fully saturated rings. The van der Waals surface area contributed by atoms with Gasteiger partial charge in [0.2, 0.25) is 0 Å². The molecule has 2 rings (SSSR count). The maximum absolute atomic E-state index is 12.0. The van der Waals surface area contributed by atoms with Crippen molar-refractivity contribution in [3.05, 3.63) is 34.2 Å². The first-order valence-electron chi connectivity index (χ1n) is 7.62. The molecule has 0 spiro atoms. The summed E-state index contributed by atoms with van der Waals surface area (Å²) >= 11 is 0. The summed E-state index contributed by atoms with van der Waals surface area (Å²) in [6.45, 7) is 11.3. The minimum Gasteiger partial charge on any atom is -0.370 e. The number of rotatable bonds is 3. The second-order valence-electron chi connectivity index (χ2n) is 7.46. The Balaban J connectivity index is 2.24. The topological polar surface area (TPSA) is 42.1 Å². The molecule has 1 N–H and O–H groups in total. The van der Waals surface area contributed by atoms with Gasteiger partial charge in [-0.25, -0.2) is 0 Å². The molecule has 1 saturated heterocycles. The van der Waals surface area contributed by atoms with Crippen molar-refractivity contribution in [1.29, 1.82) is 0 Å². The van der Waals surface area contributed by atoms with Gasteiger partial charge >= 0.3 is 0 Å². The van der Waals surface area contributed by atoms with E-state index in [0.717, 1.165) is 18.4 Å². The van der Waals surface area contributed by atoms with E-state index in [1.807, 2.05) is 12.1 Å². The molecule has 112 valence electrons. The Hall–Kier alpha value is -1.09. The van der Waals surface area contributed by atoms with E-state index in [4.69, 9.17) is 4.74 Å². The summed E-state index contributed by atoms with van der Waals surface area (Å²) in [6, 6.07) is 3.77. The largest absolute Gasteiger partial charge is 0.370 e. The smallest absolute Gasteiger partial charge is 0.253 e. The van der Waals surface area contributed by atoms with Gasteiger partial charge in [-0.05, 0) is 42.2 Å². The molecule has 1 aromatic rings. The molecule has 0 aromatic carbocycles. The first kappa shape index (κ1) is 15.3. The van der Waals surface area contributed by atoms with Gasteiger partial charge in [0.05, 0.1) is 12.2 Å². The molecule has 2 heterocycles. The summed E-state index contributed by atoms with van der Waals surface area (Å²) in [5, 5.41) is 0. The van der Waals surface area contributed by atoms with E-state index in [1.165, 1.54) is 0 Å². The van der Waals surface area contributed by atoms with Gasteiger partial charge < -0.3 is 9.72 Å². The molecular formula is C17H27NO2. The van der Waals surface area contributed by atoms with Crippen molar-refractivity contribution in [2.24, 2.45) is 17.3 Å². The van der Waals surface area contributed by atoms with Crippen LogP contribution in [0.1, 0.15) is 59.1 Å². The summed E-state index contributed by atoms with van der Waals surface area (Å²) in [4.78, 5) is 14.7. The molecule has 20 heavy (non-hydrogen) atoms. The van der Waals surface area contributed by atoms with Crippen molar-refractivity contribution < 1.29 is 4.74 Å². The Kier molecular flexibility index (Phi) is 4.38. The number of aromatic amines is 1. The number of aromatic nitrogens is 1. The first-order valence-corrected chi connectivity index (χ1v) is 7.62. The van der Waals surface area contributed by atoms with Crippen molar-refractivity contribution in [3.8, 4) is 0 Å². The first-order chi connectivity index (χ1) is 9.29. The Morgan fingerprint density at radius 3 is 2.65 bits per heavy atom.